The molecule has 1 fully saturated rings. The van der Waals surface area contributed by atoms with Gasteiger partial charge >= 0.3 is 6.36 Å². The summed E-state index contributed by atoms with van der Waals surface area (Å²) in [6.45, 7) is 7.74. The molecule has 4 rings (SSSR count). The molecule has 0 spiro atoms. The van der Waals surface area contributed by atoms with E-state index in [9.17, 15) is 18.0 Å². The van der Waals surface area contributed by atoms with Crippen molar-refractivity contribution < 1.29 is 17.9 Å². The highest BCUT2D eigenvalue weighted by molar-refractivity contribution is 5.88. The van der Waals surface area contributed by atoms with Gasteiger partial charge in [-0.05, 0) is 37.5 Å². The van der Waals surface area contributed by atoms with Crippen LogP contribution < -0.4 is 15.2 Å². The number of aryl methyl sites for hydroxylation is 1. The molecule has 37 heavy (non-hydrogen) atoms. The van der Waals surface area contributed by atoms with Gasteiger partial charge in [0.1, 0.15) is 17.8 Å². The number of hydrogen-bond donors (Lipinski definition) is 0. The van der Waals surface area contributed by atoms with Crippen LogP contribution in [0.15, 0.2) is 41.3 Å². The van der Waals surface area contributed by atoms with Crippen molar-refractivity contribution in [2.24, 2.45) is 7.05 Å². The van der Waals surface area contributed by atoms with Crippen LogP contribution in [0.4, 0.5) is 18.9 Å². The molecule has 0 amide bonds. The van der Waals surface area contributed by atoms with Crippen LogP contribution in [0.1, 0.15) is 45.2 Å². The summed E-state index contributed by atoms with van der Waals surface area (Å²) in [6, 6.07) is 9.98. The fourth-order valence-electron chi connectivity index (χ4n) is 5.21. The summed E-state index contributed by atoms with van der Waals surface area (Å²) in [5, 5.41) is 13.7. The van der Waals surface area contributed by atoms with E-state index < -0.39 is 6.36 Å². The van der Waals surface area contributed by atoms with Crippen molar-refractivity contribution in [3.8, 4) is 11.8 Å². The minimum atomic E-state index is -4.72. The maximum atomic E-state index is 12.8. The standard InChI is InChI=1S/C26H31F3N6O2/c1-5-19-15-35(22-13-24(36)32(4)23-16-33(12-11-30)31-25(22)23)20(6-2)14-34(19)17(3)18-7-9-21(10-8-18)37-26(27,28)29/h7-10,13,16-17,19-20H,5-6,12,14-15H2,1-4H3/t17?,19-,20+/m1/s1. The Labute approximate surface area is 213 Å². The van der Waals surface area contributed by atoms with E-state index in [1.165, 1.54) is 12.1 Å². The van der Waals surface area contributed by atoms with E-state index in [2.05, 4.69) is 46.5 Å². The Morgan fingerprint density at radius 1 is 1.16 bits per heavy atom. The Morgan fingerprint density at radius 3 is 2.43 bits per heavy atom. The number of halogens is 3. The molecule has 1 saturated heterocycles. The van der Waals surface area contributed by atoms with Crippen molar-refractivity contribution in [3.63, 3.8) is 0 Å². The highest BCUT2D eigenvalue weighted by atomic mass is 19.4. The van der Waals surface area contributed by atoms with Crippen LogP contribution in [0.3, 0.4) is 0 Å². The second-order valence-corrected chi connectivity index (χ2v) is 9.41. The first-order valence-corrected chi connectivity index (χ1v) is 12.4. The quantitative estimate of drug-likeness (QED) is 0.457. The largest absolute Gasteiger partial charge is 0.573 e. The monoisotopic (exact) mass is 516 g/mol. The molecule has 1 aliphatic heterocycles. The van der Waals surface area contributed by atoms with Gasteiger partial charge in [-0.3, -0.25) is 14.4 Å². The number of rotatable bonds is 7. The van der Waals surface area contributed by atoms with Crippen LogP contribution in [0.5, 0.6) is 5.75 Å². The number of ether oxygens (including phenoxy) is 1. The van der Waals surface area contributed by atoms with Gasteiger partial charge in [0.25, 0.3) is 5.56 Å². The lowest BCUT2D eigenvalue weighted by Gasteiger charge is -2.49. The molecule has 3 aromatic rings. The molecule has 0 radical (unpaired) electrons. The molecule has 8 nitrogen and oxygen atoms in total. The van der Waals surface area contributed by atoms with Gasteiger partial charge < -0.3 is 14.2 Å². The van der Waals surface area contributed by atoms with Gasteiger partial charge in [0.15, 0.2) is 0 Å². The molecule has 11 heteroatoms. The highest BCUT2D eigenvalue weighted by Crippen LogP contribution is 2.35. The number of nitriles is 1. The fraction of sp³-hybridized carbons (Fsp3) is 0.500. The molecule has 0 N–H and O–H groups in total. The Balaban J connectivity index is 1.64. The maximum absolute atomic E-state index is 12.8. The van der Waals surface area contributed by atoms with Crippen molar-refractivity contribution in [1.82, 2.24) is 19.2 Å². The molecule has 0 aliphatic carbocycles. The zero-order chi connectivity index (χ0) is 26.9. The maximum Gasteiger partial charge on any atom is 0.573 e. The fourth-order valence-corrected chi connectivity index (χ4v) is 5.21. The third-order valence-corrected chi connectivity index (χ3v) is 7.25. The summed E-state index contributed by atoms with van der Waals surface area (Å²) in [5.74, 6) is -0.239. The summed E-state index contributed by atoms with van der Waals surface area (Å²) < 4.78 is 44.8. The lowest BCUT2D eigenvalue weighted by molar-refractivity contribution is -0.274. The molecule has 198 valence electrons. The average molecular weight is 517 g/mol. The van der Waals surface area contributed by atoms with Gasteiger partial charge in [-0.1, -0.05) is 26.0 Å². The second kappa shape index (κ2) is 10.5. The number of aromatic nitrogens is 3. The molecule has 1 aromatic carbocycles. The normalized spacial score (nSPS) is 19.7. The molecule has 0 bridgehead atoms. The first-order valence-electron chi connectivity index (χ1n) is 12.4. The van der Waals surface area contributed by atoms with Gasteiger partial charge in [0.05, 0.1) is 23.5 Å². The van der Waals surface area contributed by atoms with Gasteiger partial charge in [0.2, 0.25) is 0 Å². The van der Waals surface area contributed by atoms with E-state index in [0.717, 1.165) is 24.1 Å². The third kappa shape index (κ3) is 5.44. The summed E-state index contributed by atoms with van der Waals surface area (Å²) in [5.41, 5.74) is 2.90. The van der Waals surface area contributed by atoms with Gasteiger partial charge in [0, 0.05) is 44.3 Å². The van der Waals surface area contributed by atoms with Crippen LogP contribution in [-0.4, -0.2) is 50.8 Å². The predicted molar refractivity (Wildman–Crippen MR) is 134 cm³/mol. The average Bonchev–Trinajstić information content (AvgIpc) is 3.29. The third-order valence-electron chi connectivity index (χ3n) is 7.25. The lowest BCUT2D eigenvalue weighted by Crippen LogP contribution is -2.58. The molecule has 1 unspecified atom stereocenters. The minimum absolute atomic E-state index is 0.0282. The Kier molecular flexibility index (Phi) is 7.50. The van der Waals surface area contributed by atoms with Crippen molar-refractivity contribution in [3.05, 3.63) is 52.4 Å². The van der Waals surface area contributed by atoms with Crippen molar-refractivity contribution >= 4 is 16.7 Å². The van der Waals surface area contributed by atoms with Gasteiger partial charge in [-0.15, -0.1) is 13.2 Å². The van der Waals surface area contributed by atoms with Crippen LogP contribution in [0.25, 0.3) is 11.0 Å². The Hall–Kier alpha value is -3.52. The van der Waals surface area contributed by atoms with Crippen LogP contribution in [0, 0.1) is 11.3 Å². The smallest absolute Gasteiger partial charge is 0.406 e. The molecular formula is C26H31F3N6O2. The second-order valence-electron chi connectivity index (χ2n) is 9.41. The predicted octanol–water partition coefficient (Wildman–Crippen LogP) is 4.60. The van der Waals surface area contributed by atoms with Gasteiger partial charge in [-0.25, -0.2) is 0 Å². The van der Waals surface area contributed by atoms with E-state index in [1.54, 1.807) is 40.7 Å². The van der Waals surface area contributed by atoms with E-state index in [4.69, 9.17) is 5.26 Å². The first kappa shape index (κ1) is 26.5. The number of fused-ring (bicyclic) bond motifs is 1. The molecular weight excluding hydrogens is 485 g/mol. The number of piperazine rings is 1. The minimum Gasteiger partial charge on any atom is -0.406 e. The van der Waals surface area contributed by atoms with E-state index >= 15 is 0 Å². The lowest BCUT2D eigenvalue weighted by atomic mass is 9.96. The molecule has 1 aliphatic rings. The number of anilines is 1. The zero-order valence-corrected chi connectivity index (χ0v) is 21.4. The number of nitrogens with zero attached hydrogens (tertiary/aromatic N) is 6. The Morgan fingerprint density at radius 2 is 1.84 bits per heavy atom. The van der Waals surface area contributed by atoms with Crippen molar-refractivity contribution in [2.75, 3.05) is 18.0 Å². The summed E-state index contributed by atoms with van der Waals surface area (Å²) in [6.07, 6.45) is -1.32. The first-order chi connectivity index (χ1) is 17.6. The van der Waals surface area contributed by atoms with Crippen LogP contribution in [-0.2, 0) is 13.6 Å². The molecule has 3 atom stereocenters. The van der Waals surface area contributed by atoms with E-state index in [1.807, 2.05) is 0 Å². The molecule has 3 heterocycles. The Bertz CT molecular complexity index is 1340. The number of hydrogen-bond acceptors (Lipinski definition) is 6. The summed E-state index contributed by atoms with van der Waals surface area (Å²) >= 11 is 0. The van der Waals surface area contributed by atoms with Crippen LogP contribution in [0.2, 0.25) is 0 Å². The number of alkyl halides is 3. The van der Waals surface area contributed by atoms with Crippen LogP contribution >= 0.6 is 0 Å². The number of pyridine rings is 1. The zero-order valence-electron chi connectivity index (χ0n) is 21.4. The highest BCUT2D eigenvalue weighted by Gasteiger charge is 2.36. The molecule has 2 aromatic heterocycles. The topological polar surface area (TPSA) is 79.3 Å². The molecule has 0 saturated carbocycles. The summed E-state index contributed by atoms with van der Waals surface area (Å²) in [7, 11) is 1.70. The van der Waals surface area contributed by atoms with Crippen molar-refractivity contribution in [2.45, 2.75) is 64.6 Å². The van der Waals surface area contributed by atoms with Gasteiger partial charge in [-0.2, -0.15) is 10.4 Å². The summed E-state index contributed by atoms with van der Waals surface area (Å²) in [4.78, 5) is 17.5. The van der Waals surface area contributed by atoms with E-state index in [0.29, 0.717) is 24.1 Å². The van der Waals surface area contributed by atoms with E-state index in [-0.39, 0.29) is 36.0 Å². The van der Waals surface area contributed by atoms with Crippen molar-refractivity contribution in [1.29, 1.82) is 5.26 Å². The SMILES string of the molecule is CC[C@H]1CN(C(C)c2ccc(OC(F)(F)F)cc2)[C@H](CC)CN1c1cc(=O)n(C)c2cn(CC#N)nc12. The number of benzene rings is 1.